The number of hydrogen-bond acceptors (Lipinski definition) is 5. The van der Waals surface area contributed by atoms with Crippen LogP contribution in [0.4, 0.5) is 4.79 Å². The Morgan fingerprint density at radius 1 is 1.12 bits per heavy atom. The molecule has 8 nitrogen and oxygen atoms in total. The molecule has 3 N–H and O–H groups in total. The van der Waals surface area contributed by atoms with Gasteiger partial charge < -0.3 is 25.4 Å². The van der Waals surface area contributed by atoms with Crippen molar-refractivity contribution in [2.75, 3.05) is 13.2 Å². The Morgan fingerprint density at radius 2 is 1.76 bits per heavy atom. The molecule has 0 fully saturated rings. The van der Waals surface area contributed by atoms with Crippen molar-refractivity contribution in [2.24, 2.45) is 5.92 Å². The molecule has 0 aliphatic heterocycles. The number of ether oxygens (including phenoxy) is 1. The minimum atomic E-state index is -0.958. The molecule has 1 aromatic carbocycles. The summed E-state index contributed by atoms with van der Waals surface area (Å²) in [6, 6.07) is 5.44. The number of nitrogens with one attached hydrogen (secondary N) is 2. The van der Waals surface area contributed by atoms with Crippen LogP contribution in [0.1, 0.15) is 78.5 Å². The van der Waals surface area contributed by atoms with Crippen LogP contribution in [0.25, 0.3) is 0 Å². The van der Waals surface area contributed by atoms with Gasteiger partial charge in [0.05, 0.1) is 6.61 Å². The summed E-state index contributed by atoms with van der Waals surface area (Å²) in [6.07, 6.45) is 0.997. The molecule has 34 heavy (non-hydrogen) atoms. The maximum absolute atomic E-state index is 13.8. The molecule has 0 aliphatic rings. The van der Waals surface area contributed by atoms with Crippen molar-refractivity contribution in [1.82, 2.24) is 15.5 Å². The first kappa shape index (κ1) is 29.4. The molecule has 0 saturated heterocycles. The van der Waals surface area contributed by atoms with E-state index < -0.39 is 29.7 Å². The lowest BCUT2D eigenvalue weighted by atomic mass is 9.97. The standard InChI is InChI=1S/C26H43N3O5/c1-9-11-19(5)27-23(31)22(20-13-10-12-18(4)16-20)29(14-15-30)24(32)21(17(2)3)28-25(33)34-26(6,7)8/h10,12-13,16-17,19,21-22,30H,9,11,14-15H2,1-8H3,(H,27,31)(H,28,33). The zero-order valence-electron chi connectivity index (χ0n) is 22.0. The predicted octanol–water partition coefficient (Wildman–Crippen LogP) is 3.71. The number of nitrogens with zero attached hydrogens (tertiary/aromatic N) is 1. The molecule has 0 bridgehead atoms. The van der Waals surface area contributed by atoms with Crippen LogP contribution in [0.5, 0.6) is 0 Å². The van der Waals surface area contributed by atoms with E-state index in [2.05, 4.69) is 10.6 Å². The number of carbonyl (C=O) groups excluding carboxylic acids is 3. The highest BCUT2D eigenvalue weighted by atomic mass is 16.6. The summed E-state index contributed by atoms with van der Waals surface area (Å²) in [5, 5.41) is 15.5. The van der Waals surface area contributed by atoms with Gasteiger partial charge in [0.15, 0.2) is 0 Å². The maximum Gasteiger partial charge on any atom is 0.408 e. The van der Waals surface area contributed by atoms with Gasteiger partial charge in [0.25, 0.3) is 0 Å². The molecule has 8 heteroatoms. The molecular formula is C26H43N3O5. The van der Waals surface area contributed by atoms with E-state index in [1.165, 1.54) is 4.90 Å². The Bertz CT molecular complexity index is 819. The molecule has 0 spiro atoms. The summed E-state index contributed by atoms with van der Waals surface area (Å²) in [4.78, 5) is 41.0. The zero-order valence-corrected chi connectivity index (χ0v) is 22.0. The molecule has 0 aromatic heterocycles. The van der Waals surface area contributed by atoms with Crippen molar-refractivity contribution in [2.45, 2.75) is 92.0 Å². The van der Waals surface area contributed by atoms with Gasteiger partial charge in [-0.25, -0.2) is 4.79 Å². The van der Waals surface area contributed by atoms with Gasteiger partial charge in [0.2, 0.25) is 11.8 Å². The van der Waals surface area contributed by atoms with Gasteiger partial charge in [0, 0.05) is 12.6 Å². The highest BCUT2D eigenvalue weighted by molar-refractivity contribution is 5.92. The number of alkyl carbamates (subject to hydrolysis) is 1. The van der Waals surface area contributed by atoms with Crippen LogP contribution in [0.3, 0.4) is 0 Å². The van der Waals surface area contributed by atoms with Gasteiger partial charge >= 0.3 is 6.09 Å². The van der Waals surface area contributed by atoms with Gasteiger partial charge in [-0.2, -0.15) is 0 Å². The lowest BCUT2D eigenvalue weighted by Crippen LogP contribution is -2.55. The topological polar surface area (TPSA) is 108 Å². The van der Waals surface area contributed by atoms with Crippen LogP contribution in [-0.2, 0) is 14.3 Å². The van der Waals surface area contributed by atoms with Gasteiger partial charge in [-0.05, 0) is 52.5 Å². The maximum atomic E-state index is 13.8. The van der Waals surface area contributed by atoms with Crippen LogP contribution in [-0.4, -0.2) is 58.8 Å². The molecule has 0 heterocycles. The summed E-state index contributed by atoms with van der Waals surface area (Å²) in [5.41, 5.74) is 0.863. The number of carbonyl (C=O) groups is 3. The number of aliphatic hydroxyl groups is 1. The van der Waals surface area contributed by atoms with Crippen LogP contribution >= 0.6 is 0 Å². The summed E-state index contributed by atoms with van der Waals surface area (Å²) >= 11 is 0. The van der Waals surface area contributed by atoms with E-state index >= 15 is 0 Å². The second-order valence-corrected chi connectivity index (χ2v) is 10.1. The summed E-state index contributed by atoms with van der Waals surface area (Å²) in [5.74, 6) is -1.06. The first-order valence-corrected chi connectivity index (χ1v) is 12.1. The normalized spacial score (nSPS) is 14.2. The third-order valence-electron chi connectivity index (χ3n) is 5.26. The third-order valence-corrected chi connectivity index (χ3v) is 5.26. The van der Waals surface area contributed by atoms with Gasteiger partial charge in [-0.15, -0.1) is 0 Å². The smallest absolute Gasteiger partial charge is 0.408 e. The highest BCUT2D eigenvalue weighted by Gasteiger charge is 2.37. The fraction of sp³-hybridized carbons (Fsp3) is 0.654. The van der Waals surface area contributed by atoms with E-state index in [1.54, 1.807) is 26.8 Å². The quantitative estimate of drug-likeness (QED) is 0.450. The van der Waals surface area contributed by atoms with Crippen molar-refractivity contribution < 1.29 is 24.2 Å². The Balaban J connectivity index is 3.39. The molecule has 3 amide bonds. The second kappa shape index (κ2) is 13.3. The molecule has 0 aliphatic carbocycles. The van der Waals surface area contributed by atoms with Crippen LogP contribution in [0.15, 0.2) is 24.3 Å². The molecule has 1 aromatic rings. The minimum Gasteiger partial charge on any atom is -0.444 e. The van der Waals surface area contributed by atoms with E-state index in [1.807, 2.05) is 52.8 Å². The van der Waals surface area contributed by atoms with Crippen LogP contribution in [0, 0.1) is 12.8 Å². The average Bonchev–Trinajstić information content (AvgIpc) is 2.70. The number of amides is 3. The van der Waals surface area contributed by atoms with E-state index in [0.717, 1.165) is 18.4 Å². The Morgan fingerprint density at radius 3 is 2.26 bits per heavy atom. The number of benzene rings is 1. The molecule has 0 saturated carbocycles. The monoisotopic (exact) mass is 477 g/mol. The Labute approximate surface area is 204 Å². The van der Waals surface area contributed by atoms with Gasteiger partial charge in [-0.1, -0.05) is 57.0 Å². The van der Waals surface area contributed by atoms with E-state index in [-0.39, 0.29) is 31.0 Å². The molecule has 192 valence electrons. The number of aryl methyl sites for hydroxylation is 1. The van der Waals surface area contributed by atoms with E-state index in [0.29, 0.717) is 5.56 Å². The Hall–Kier alpha value is -2.61. The fourth-order valence-electron chi connectivity index (χ4n) is 3.74. The first-order valence-electron chi connectivity index (χ1n) is 12.1. The molecule has 0 radical (unpaired) electrons. The van der Waals surface area contributed by atoms with Crippen LogP contribution in [0.2, 0.25) is 0 Å². The van der Waals surface area contributed by atoms with Crippen molar-refractivity contribution in [1.29, 1.82) is 0 Å². The molecule has 3 unspecified atom stereocenters. The lowest BCUT2D eigenvalue weighted by molar-refractivity contribution is -0.144. The average molecular weight is 478 g/mol. The molecule has 3 atom stereocenters. The summed E-state index contributed by atoms with van der Waals surface area (Å²) in [6.45, 7) is 14.3. The Kier molecular flexibility index (Phi) is 11.5. The lowest BCUT2D eigenvalue weighted by Gasteiger charge is -2.35. The van der Waals surface area contributed by atoms with Crippen molar-refractivity contribution in [3.63, 3.8) is 0 Å². The highest BCUT2D eigenvalue weighted by Crippen LogP contribution is 2.25. The van der Waals surface area contributed by atoms with E-state index in [4.69, 9.17) is 4.74 Å². The summed E-state index contributed by atoms with van der Waals surface area (Å²) in [7, 11) is 0. The van der Waals surface area contributed by atoms with E-state index in [9.17, 15) is 19.5 Å². The molecule has 1 rings (SSSR count). The second-order valence-electron chi connectivity index (χ2n) is 10.1. The van der Waals surface area contributed by atoms with Crippen molar-refractivity contribution in [3.05, 3.63) is 35.4 Å². The summed E-state index contributed by atoms with van der Waals surface area (Å²) < 4.78 is 5.35. The van der Waals surface area contributed by atoms with Crippen molar-refractivity contribution >= 4 is 17.9 Å². The number of hydrogen-bond donors (Lipinski definition) is 3. The minimum absolute atomic E-state index is 0.0633. The van der Waals surface area contributed by atoms with Gasteiger partial charge in [-0.3, -0.25) is 9.59 Å². The zero-order chi connectivity index (χ0) is 26.1. The first-order chi connectivity index (χ1) is 15.8. The largest absolute Gasteiger partial charge is 0.444 e. The van der Waals surface area contributed by atoms with Gasteiger partial charge in [0.1, 0.15) is 17.7 Å². The molecular weight excluding hydrogens is 434 g/mol. The van der Waals surface area contributed by atoms with Crippen molar-refractivity contribution in [3.8, 4) is 0 Å². The predicted molar refractivity (Wildman–Crippen MR) is 133 cm³/mol. The number of aliphatic hydroxyl groups excluding tert-OH is 1. The number of rotatable bonds is 11. The fourth-order valence-corrected chi connectivity index (χ4v) is 3.74. The third kappa shape index (κ3) is 9.33. The van der Waals surface area contributed by atoms with Crippen LogP contribution < -0.4 is 10.6 Å². The SMILES string of the molecule is CCCC(C)NC(=O)C(c1cccc(C)c1)N(CCO)C(=O)C(NC(=O)OC(C)(C)C)C(C)C.